The molecule has 1 rings (SSSR count). The molecule has 140 valence electrons. The van der Waals surface area contributed by atoms with E-state index in [2.05, 4.69) is 0 Å². The predicted molar refractivity (Wildman–Crippen MR) is 90.4 cm³/mol. The Balaban J connectivity index is 2.71. The van der Waals surface area contributed by atoms with Gasteiger partial charge in [0, 0.05) is 12.1 Å². The summed E-state index contributed by atoms with van der Waals surface area (Å²) >= 11 is 0. The molecular weight excluding hydrogens is 332 g/mol. The second-order valence-corrected chi connectivity index (χ2v) is 6.56. The lowest BCUT2D eigenvalue weighted by molar-refractivity contribution is 0.0221. The molecule has 0 spiro atoms. The van der Waals surface area contributed by atoms with Crippen LogP contribution >= 0.6 is 0 Å². The van der Waals surface area contributed by atoms with Crippen LogP contribution in [0.1, 0.15) is 43.1 Å². The van der Waals surface area contributed by atoms with Gasteiger partial charge in [-0.3, -0.25) is 9.18 Å². The molecule has 25 heavy (non-hydrogen) atoms. The molecule has 1 amide bonds. The topological polar surface area (TPSA) is 55.8 Å². The van der Waals surface area contributed by atoms with Crippen LogP contribution in [0.2, 0.25) is 0 Å². The zero-order valence-corrected chi connectivity index (χ0v) is 15.1. The lowest BCUT2D eigenvalue weighted by Crippen LogP contribution is -2.39. The number of alkyl halides is 1. The molecule has 0 atom stereocenters. The molecule has 0 aromatic heterocycles. The van der Waals surface area contributed by atoms with Gasteiger partial charge in [0.15, 0.2) is 6.29 Å². The molecular formula is C18H25F2NO4. The quantitative estimate of drug-likeness (QED) is 0.662. The van der Waals surface area contributed by atoms with Crippen LogP contribution in [0.25, 0.3) is 0 Å². The Hall–Kier alpha value is -2.18. The van der Waals surface area contributed by atoms with E-state index in [1.807, 2.05) is 0 Å². The van der Waals surface area contributed by atoms with E-state index in [4.69, 9.17) is 9.47 Å². The van der Waals surface area contributed by atoms with E-state index in [1.54, 1.807) is 27.7 Å². The first-order valence-electron chi connectivity index (χ1n) is 8.10. The third-order valence-corrected chi connectivity index (χ3v) is 3.36. The third kappa shape index (κ3) is 6.68. The van der Waals surface area contributed by atoms with E-state index < -0.39 is 24.2 Å². The summed E-state index contributed by atoms with van der Waals surface area (Å²) in [6.07, 6.45) is 0.0875. The Morgan fingerprint density at radius 2 is 1.96 bits per heavy atom. The van der Waals surface area contributed by atoms with E-state index in [9.17, 15) is 18.4 Å². The summed E-state index contributed by atoms with van der Waals surface area (Å²) in [4.78, 5) is 24.4. The zero-order chi connectivity index (χ0) is 19.0. The minimum absolute atomic E-state index is 0.0565. The van der Waals surface area contributed by atoms with Gasteiger partial charge in [-0.2, -0.15) is 0 Å². The SMILES string of the molecule is Cc1c(OCCN(CCCF)C(=O)OC(C)(C)C)ccc(F)c1C=O. The summed E-state index contributed by atoms with van der Waals surface area (Å²) in [7, 11) is 0. The maximum absolute atomic E-state index is 13.5. The summed E-state index contributed by atoms with van der Waals surface area (Å²) in [6.45, 7) is 6.78. The molecule has 0 unspecified atom stereocenters. The van der Waals surface area contributed by atoms with Crippen molar-refractivity contribution in [3.05, 3.63) is 29.1 Å². The Kier molecular flexibility index (Phi) is 7.80. The van der Waals surface area contributed by atoms with Crippen molar-refractivity contribution < 1.29 is 27.8 Å². The van der Waals surface area contributed by atoms with Crippen LogP contribution < -0.4 is 4.74 Å². The van der Waals surface area contributed by atoms with Gasteiger partial charge in [-0.05, 0) is 46.2 Å². The van der Waals surface area contributed by atoms with E-state index in [0.29, 0.717) is 17.6 Å². The highest BCUT2D eigenvalue weighted by molar-refractivity contribution is 5.78. The third-order valence-electron chi connectivity index (χ3n) is 3.36. The van der Waals surface area contributed by atoms with Gasteiger partial charge in [0.1, 0.15) is 23.8 Å². The molecule has 0 fully saturated rings. The van der Waals surface area contributed by atoms with Crippen LogP contribution in [-0.4, -0.2) is 49.3 Å². The van der Waals surface area contributed by atoms with Gasteiger partial charge in [0.2, 0.25) is 0 Å². The molecule has 1 aromatic carbocycles. The fraction of sp³-hybridized carbons (Fsp3) is 0.556. The molecule has 0 aliphatic heterocycles. The normalized spacial score (nSPS) is 11.1. The lowest BCUT2D eigenvalue weighted by atomic mass is 10.1. The molecule has 7 heteroatoms. The summed E-state index contributed by atoms with van der Waals surface area (Å²) in [5.41, 5.74) is -0.320. The van der Waals surface area contributed by atoms with Crippen LogP contribution in [0, 0.1) is 12.7 Å². The van der Waals surface area contributed by atoms with Crippen molar-refractivity contribution in [3.63, 3.8) is 0 Å². The fourth-order valence-corrected chi connectivity index (χ4v) is 2.11. The first kappa shape index (κ1) is 20.9. The maximum atomic E-state index is 13.5. The Labute approximate surface area is 146 Å². The number of amides is 1. The first-order valence-corrected chi connectivity index (χ1v) is 8.10. The van der Waals surface area contributed by atoms with Gasteiger partial charge in [-0.15, -0.1) is 0 Å². The minimum Gasteiger partial charge on any atom is -0.491 e. The highest BCUT2D eigenvalue weighted by Crippen LogP contribution is 2.23. The number of hydrogen-bond donors (Lipinski definition) is 0. The number of hydrogen-bond acceptors (Lipinski definition) is 4. The van der Waals surface area contributed by atoms with Crippen molar-refractivity contribution >= 4 is 12.4 Å². The van der Waals surface area contributed by atoms with Gasteiger partial charge < -0.3 is 14.4 Å². The second kappa shape index (κ2) is 9.34. The Morgan fingerprint density at radius 1 is 1.28 bits per heavy atom. The smallest absolute Gasteiger partial charge is 0.410 e. The van der Waals surface area contributed by atoms with E-state index in [-0.39, 0.29) is 31.7 Å². The molecule has 0 aliphatic carbocycles. The van der Waals surface area contributed by atoms with Gasteiger partial charge in [0.05, 0.1) is 18.8 Å². The van der Waals surface area contributed by atoms with Crippen molar-refractivity contribution in [2.75, 3.05) is 26.4 Å². The average Bonchev–Trinajstić information content (AvgIpc) is 2.51. The maximum Gasteiger partial charge on any atom is 0.410 e. The molecule has 5 nitrogen and oxygen atoms in total. The summed E-state index contributed by atoms with van der Waals surface area (Å²) in [6, 6.07) is 2.58. The molecule has 1 aromatic rings. The van der Waals surface area contributed by atoms with Crippen molar-refractivity contribution in [1.82, 2.24) is 4.90 Å². The average molecular weight is 357 g/mol. The Bertz CT molecular complexity index is 599. The molecule has 0 aliphatic rings. The second-order valence-electron chi connectivity index (χ2n) is 6.56. The van der Waals surface area contributed by atoms with Crippen LogP contribution in [0.3, 0.4) is 0 Å². The molecule has 0 radical (unpaired) electrons. The number of halogens is 2. The lowest BCUT2D eigenvalue weighted by Gasteiger charge is -2.27. The first-order chi connectivity index (χ1) is 11.7. The number of aldehydes is 1. The molecule has 0 N–H and O–H groups in total. The van der Waals surface area contributed by atoms with Crippen LogP contribution in [0.15, 0.2) is 12.1 Å². The van der Waals surface area contributed by atoms with Crippen LogP contribution in [0.4, 0.5) is 13.6 Å². The van der Waals surface area contributed by atoms with E-state index >= 15 is 0 Å². The molecule has 0 bridgehead atoms. The number of carbonyl (C=O) groups excluding carboxylic acids is 2. The van der Waals surface area contributed by atoms with Gasteiger partial charge >= 0.3 is 6.09 Å². The van der Waals surface area contributed by atoms with E-state index in [0.717, 1.165) is 6.07 Å². The summed E-state index contributed by atoms with van der Waals surface area (Å²) < 4.78 is 36.8. The standard InChI is InChI=1S/C18H25F2NO4/c1-13-14(12-22)15(20)6-7-16(13)24-11-10-21(9-5-8-19)17(23)25-18(2,3)4/h6-7,12H,5,8-11H2,1-4H3. The van der Waals surface area contributed by atoms with Crippen molar-refractivity contribution in [1.29, 1.82) is 0 Å². The van der Waals surface area contributed by atoms with E-state index in [1.165, 1.54) is 11.0 Å². The van der Waals surface area contributed by atoms with Crippen molar-refractivity contribution in [3.8, 4) is 5.75 Å². The van der Waals surface area contributed by atoms with Crippen molar-refractivity contribution in [2.45, 2.75) is 39.7 Å². The molecule has 0 saturated heterocycles. The fourth-order valence-electron chi connectivity index (χ4n) is 2.11. The number of benzene rings is 1. The largest absolute Gasteiger partial charge is 0.491 e. The van der Waals surface area contributed by atoms with Gasteiger partial charge in [-0.25, -0.2) is 9.18 Å². The minimum atomic E-state index is -0.654. The number of rotatable bonds is 8. The summed E-state index contributed by atoms with van der Waals surface area (Å²) in [5.74, 6) is -0.253. The zero-order valence-electron chi connectivity index (χ0n) is 15.1. The monoisotopic (exact) mass is 357 g/mol. The summed E-state index contributed by atoms with van der Waals surface area (Å²) in [5, 5.41) is 0. The number of ether oxygens (including phenoxy) is 2. The Morgan fingerprint density at radius 3 is 2.52 bits per heavy atom. The number of nitrogens with zero attached hydrogens (tertiary/aromatic N) is 1. The van der Waals surface area contributed by atoms with Gasteiger partial charge in [-0.1, -0.05) is 0 Å². The molecule has 0 heterocycles. The highest BCUT2D eigenvalue weighted by Gasteiger charge is 2.22. The van der Waals surface area contributed by atoms with Crippen molar-refractivity contribution in [2.24, 2.45) is 0 Å². The highest BCUT2D eigenvalue weighted by atomic mass is 19.1. The van der Waals surface area contributed by atoms with Crippen LogP contribution in [0.5, 0.6) is 5.75 Å². The predicted octanol–water partition coefficient (Wildman–Crippen LogP) is 3.92. The van der Waals surface area contributed by atoms with Gasteiger partial charge in [0.25, 0.3) is 0 Å². The number of carbonyl (C=O) groups is 2. The molecule has 0 saturated carbocycles. The van der Waals surface area contributed by atoms with Crippen LogP contribution in [-0.2, 0) is 4.74 Å².